The van der Waals surface area contributed by atoms with Gasteiger partial charge in [0.15, 0.2) is 5.13 Å². The van der Waals surface area contributed by atoms with Gasteiger partial charge in [0.2, 0.25) is 0 Å². The predicted octanol–water partition coefficient (Wildman–Crippen LogP) is 5.88. The molecule has 0 saturated carbocycles. The Morgan fingerprint density at radius 1 is 1.09 bits per heavy atom. The average Bonchev–Trinajstić information content (AvgIpc) is 3.30. The molecule has 0 saturated heterocycles. The van der Waals surface area contributed by atoms with Crippen LogP contribution >= 0.6 is 23.1 Å². The van der Waals surface area contributed by atoms with Crippen LogP contribution in [-0.4, -0.2) is 17.1 Å². The third kappa shape index (κ3) is 4.96. The number of nitrogens with one attached hydrogen (secondary N) is 1. The molecule has 2 aromatic heterocycles. The molecular formula is C25H20N6OS2. The molecule has 0 radical (unpaired) electrons. The van der Waals surface area contributed by atoms with Gasteiger partial charge in [-0.25, -0.2) is 9.97 Å². The van der Waals surface area contributed by atoms with Crippen molar-refractivity contribution in [2.24, 2.45) is 0 Å². The van der Waals surface area contributed by atoms with Crippen LogP contribution in [0.15, 0.2) is 58.9 Å². The van der Waals surface area contributed by atoms with E-state index in [4.69, 9.17) is 10.5 Å². The van der Waals surface area contributed by atoms with Crippen LogP contribution in [-0.2, 0) is 5.75 Å². The second-order valence-electron chi connectivity index (χ2n) is 7.31. The van der Waals surface area contributed by atoms with E-state index < -0.39 is 0 Å². The van der Waals surface area contributed by atoms with Gasteiger partial charge in [0.1, 0.15) is 34.3 Å². The quantitative estimate of drug-likeness (QED) is 0.312. The number of nitriles is 2. The van der Waals surface area contributed by atoms with Crippen molar-refractivity contribution in [2.75, 3.05) is 18.2 Å². The zero-order chi connectivity index (χ0) is 24.1. The highest BCUT2D eigenvalue weighted by atomic mass is 32.2. The minimum Gasteiger partial charge on any atom is -0.497 e. The number of nitrogens with two attached hydrogens (primary N) is 1. The first-order valence-electron chi connectivity index (χ1n) is 10.2. The summed E-state index contributed by atoms with van der Waals surface area (Å²) in [5.74, 6) is 1.37. The predicted molar refractivity (Wildman–Crippen MR) is 136 cm³/mol. The summed E-state index contributed by atoms with van der Waals surface area (Å²) in [6, 6.07) is 19.6. The van der Waals surface area contributed by atoms with Crippen LogP contribution in [0, 0.1) is 29.6 Å². The lowest BCUT2D eigenvalue weighted by Crippen LogP contribution is -2.03. The number of thioether (sulfide) groups is 1. The molecule has 34 heavy (non-hydrogen) atoms. The van der Waals surface area contributed by atoms with Crippen LogP contribution in [0.1, 0.15) is 22.4 Å². The topological polar surface area (TPSA) is 121 Å². The Morgan fingerprint density at radius 3 is 2.56 bits per heavy atom. The average molecular weight is 485 g/mol. The van der Waals surface area contributed by atoms with Crippen molar-refractivity contribution in [1.29, 1.82) is 10.5 Å². The van der Waals surface area contributed by atoms with Crippen molar-refractivity contribution in [3.05, 3.63) is 76.3 Å². The molecule has 0 spiro atoms. The number of thiazole rings is 1. The fraction of sp³-hybridized carbons (Fsp3) is 0.120. The lowest BCUT2D eigenvalue weighted by Gasteiger charge is -2.13. The smallest absolute Gasteiger partial charge is 0.187 e. The van der Waals surface area contributed by atoms with E-state index in [1.807, 2.05) is 60.8 Å². The van der Waals surface area contributed by atoms with Crippen LogP contribution in [0.3, 0.4) is 0 Å². The molecule has 4 rings (SSSR count). The fourth-order valence-corrected chi connectivity index (χ4v) is 5.03. The van der Waals surface area contributed by atoms with Gasteiger partial charge >= 0.3 is 0 Å². The highest BCUT2D eigenvalue weighted by Crippen LogP contribution is 2.37. The summed E-state index contributed by atoms with van der Waals surface area (Å²) in [5.41, 5.74) is 10.7. The van der Waals surface area contributed by atoms with Crippen molar-refractivity contribution in [2.45, 2.75) is 17.7 Å². The number of aryl methyl sites for hydroxylation is 1. The number of anilines is 3. The number of ether oxygens (including phenoxy) is 1. The van der Waals surface area contributed by atoms with Crippen molar-refractivity contribution in [3.8, 4) is 29.0 Å². The zero-order valence-electron chi connectivity index (χ0n) is 18.5. The molecule has 0 aliphatic rings. The molecule has 0 aliphatic heterocycles. The third-order valence-corrected chi connectivity index (χ3v) is 6.80. The van der Waals surface area contributed by atoms with Crippen LogP contribution in [0.4, 0.5) is 16.6 Å². The number of benzene rings is 2. The lowest BCUT2D eigenvalue weighted by molar-refractivity contribution is 0.415. The van der Waals surface area contributed by atoms with E-state index in [0.29, 0.717) is 21.9 Å². The molecule has 2 aromatic carbocycles. The van der Waals surface area contributed by atoms with Gasteiger partial charge in [0, 0.05) is 28.5 Å². The van der Waals surface area contributed by atoms with Gasteiger partial charge in [0.25, 0.3) is 0 Å². The number of nitrogen functional groups attached to an aromatic ring is 1. The van der Waals surface area contributed by atoms with E-state index in [0.717, 1.165) is 33.4 Å². The van der Waals surface area contributed by atoms with Gasteiger partial charge in [-0.15, -0.1) is 11.3 Å². The minimum atomic E-state index is 0.109. The number of aromatic nitrogens is 2. The maximum Gasteiger partial charge on any atom is 0.187 e. The summed E-state index contributed by atoms with van der Waals surface area (Å²) in [6.07, 6.45) is 0. The van der Waals surface area contributed by atoms with Gasteiger partial charge in [-0.1, -0.05) is 47.7 Å². The van der Waals surface area contributed by atoms with Crippen LogP contribution in [0.5, 0.6) is 5.75 Å². The fourth-order valence-electron chi connectivity index (χ4n) is 3.31. The van der Waals surface area contributed by atoms with E-state index in [1.54, 1.807) is 7.11 Å². The van der Waals surface area contributed by atoms with Crippen molar-refractivity contribution < 1.29 is 4.74 Å². The highest BCUT2D eigenvalue weighted by molar-refractivity contribution is 7.98. The Bertz CT molecular complexity index is 1420. The molecule has 7 nitrogen and oxygen atoms in total. The molecule has 9 heteroatoms. The largest absolute Gasteiger partial charge is 0.497 e. The first-order chi connectivity index (χ1) is 16.5. The molecule has 0 unspecified atom stereocenters. The maximum atomic E-state index is 9.95. The zero-order valence-corrected chi connectivity index (χ0v) is 20.1. The van der Waals surface area contributed by atoms with E-state index in [1.165, 1.54) is 23.1 Å². The molecule has 0 bridgehead atoms. The summed E-state index contributed by atoms with van der Waals surface area (Å²) in [4.78, 5) is 9.00. The number of hydrogen-bond acceptors (Lipinski definition) is 9. The summed E-state index contributed by atoms with van der Waals surface area (Å²) < 4.78 is 5.26. The molecule has 0 amide bonds. The second-order valence-corrected chi connectivity index (χ2v) is 9.13. The van der Waals surface area contributed by atoms with E-state index in [9.17, 15) is 10.5 Å². The molecule has 3 N–H and O–H groups in total. The number of hydrogen-bond donors (Lipinski definition) is 2. The monoisotopic (exact) mass is 484 g/mol. The van der Waals surface area contributed by atoms with Gasteiger partial charge in [-0.3, -0.25) is 0 Å². The van der Waals surface area contributed by atoms with Crippen LogP contribution in [0.25, 0.3) is 11.1 Å². The summed E-state index contributed by atoms with van der Waals surface area (Å²) in [7, 11) is 1.63. The van der Waals surface area contributed by atoms with Gasteiger partial charge < -0.3 is 15.8 Å². The van der Waals surface area contributed by atoms with Crippen LogP contribution < -0.4 is 15.8 Å². The molecule has 4 aromatic rings. The third-order valence-electron chi connectivity index (χ3n) is 4.99. The van der Waals surface area contributed by atoms with Crippen molar-refractivity contribution in [1.82, 2.24) is 9.97 Å². The Kier molecular flexibility index (Phi) is 6.98. The van der Waals surface area contributed by atoms with E-state index >= 15 is 0 Å². The van der Waals surface area contributed by atoms with Crippen molar-refractivity contribution in [3.63, 3.8) is 0 Å². The molecule has 0 fully saturated rings. The Hall–Kier alpha value is -4.05. The first kappa shape index (κ1) is 23.1. The molecule has 0 atom stereocenters. The summed E-state index contributed by atoms with van der Waals surface area (Å²) in [6.45, 7) is 1.98. The Balaban J connectivity index is 1.58. The van der Waals surface area contributed by atoms with E-state index in [2.05, 4.69) is 27.4 Å². The normalized spacial score (nSPS) is 10.4. The number of methoxy groups -OCH3 is 1. The first-order valence-corrected chi connectivity index (χ1v) is 12.1. The summed E-state index contributed by atoms with van der Waals surface area (Å²) in [5, 5.41) is 26.1. The maximum absolute atomic E-state index is 9.95. The second kappa shape index (κ2) is 10.3. The Labute approximate surface area is 205 Å². The Morgan fingerprint density at radius 2 is 1.85 bits per heavy atom. The summed E-state index contributed by atoms with van der Waals surface area (Å²) >= 11 is 2.85. The van der Waals surface area contributed by atoms with E-state index in [-0.39, 0.29) is 11.4 Å². The minimum absolute atomic E-state index is 0.109. The number of rotatable bonds is 7. The van der Waals surface area contributed by atoms with Gasteiger partial charge in [-0.05, 0) is 24.6 Å². The van der Waals surface area contributed by atoms with Gasteiger partial charge in [0.05, 0.1) is 18.4 Å². The lowest BCUT2D eigenvalue weighted by atomic mass is 9.96. The van der Waals surface area contributed by atoms with Gasteiger partial charge in [-0.2, -0.15) is 10.5 Å². The van der Waals surface area contributed by atoms with Crippen molar-refractivity contribution >= 4 is 39.7 Å². The molecule has 0 aliphatic carbocycles. The molecule has 168 valence electrons. The van der Waals surface area contributed by atoms with Crippen LogP contribution in [0.2, 0.25) is 0 Å². The number of pyridine rings is 1. The SMILES string of the molecule is COc1cccc(Nc2nc(CSc3nc(N)c(C#N)c(-c4ccc(C)cc4)c3C#N)cs2)c1. The highest BCUT2D eigenvalue weighted by Gasteiger charge is 2.20. The number of nitrogens with zero attached hydrogens (tertiary/aromatic N) is 4. The molecular weight excluding hydrogens is 464 g/mol. The molecule has 2 heterocycles. The standard InChI is InChI=1S/C25H20N6OS2/c1-15-6-8-16(9-7-15)22-20(11-26)23(28)31-24(21(22)12-27)33-13-18-14-34-25(30-18)29-17-4-3-5-19(10-17)32-2/h3-10,14H,13H2,1-2H3,(H2,28,31)(H,29,30).